The Kier molecular flexibility index (Phi) is 6.69. The average Bonchev–Trinajstić information content (AvgIpc) is 3.25. The maximum Gasteiger partial charge on any atom is 0.201 e. The molecule has 196 valence electrons. The second-order valence-electron chi connectivity index (χ2n) is 12.0. The lowest BCUT2D eigenvalue weighted by molar-refractivity contribution is -0.571. The number of hydrogen-bond donors (Lipinski definition) is 1. The Hall–Kier alpha value is -1.46. The number of ether oxygens (including phenoxy) is 2. The monoisotopic (exact) mass is 495 g/mol. The molecule has 5 heterocycles. The predicted molar refractivity (Wildman–Crippen MR) is 135 cm³/mol. The van der Waals surface area contributed by atoms with Gasteiger partial charge in [-0.15, -0.1) is 0 Å². The summed E-state index contributed by atoms with van der Waals surface area (Å²) in [4.78, 5) is 14.7. The fourth-order valence-electron chi connectivity index (χ4n) is 7.90. The summed E-state index contributed by atoms with van der Waals surface area (Å²) in [5, 5.41) is 10.1. The van der Waals surface area contributed by atoms with Crippen molar-refractivity contribution in [3.63, 3.8) is 0 Å². The van der Waals surface area contributed by atoms with E-state index in [4.69, 9.17) is 19.2 Å². The summed E-state index contributed by atoms with van der Waals surface area (Å²) < 4.78 is 13.5. The van der Waals surface area contributed by atoms with E-state index in [2.05, 4.69) is 42.7 Å². The molecule has 1 aromatic rings. The average molecular weight is 496 g/mol. The van der Waals surface area contributed by atoms with E-state index >= 15 is 0 Å². The SMILES string of the molecule is C[C@H]1[C@@H](C[C@@H](C#Cc2ccccc2)N2CCC[C@H]2CO)O[C@@H]2O[C@]3(C)CC[C@H]4[C@H](C)CC[C@@H]1[C@@]24OO3. The number of aliphatic hydroxyl groups is 1. The topological polar surface area (TPSA) is 60.4 Å². The van der Waals surface area contributed by atoms with Gasteiger partial charge in [0.15, 0.2) is 11.9 Å². The van der Waals surface area contributed by atoms with E-state index < -0.39 is 17.7 Å². The summed E-state index contributed by atoms with van der Waals surface area (Å²) >= 11 is 0. The largest absolute Gasteiger partial charge is 0.395 e. The Labute approximate surface area is 215 Å². The number of likely N-dealkylation sites (tertiary alicyclic amines) is 1. The Bertz CT molecular complexity index is 992. The first-order valence-corrected chi connectivity index (χ1v) is 14.1. The molecule has 1 spiro atoms. The van der Waals surface area contributed by atoms with Crippen LogP contribution in [0.5, 0.6) is 0 Å². The minimum Gasteiger partial charge on any atom is -0.395 e. The van der Waals surface area contributed by atoms with E-state index in [0.29, 0.717) is 23.7 Å². The molecule has 1 N–H and O–H groups in total. The van der Waals surface area contributed by atoms with Gasteiger partial charge in [-0.05, 0) is 75.5 Å². The van der Waals surface area contributed by atoms with Crippen LogP contribution in [0.3, 0.4) is 0 Å². The summed E-state index contributed by atoms with van der Waals surface area (Å²) in [6.45, 7) is 7.79. The van der Waals surface area contributed by atoms with Crippen LogP contribution >= 0.6 is 0 Å². The lowest BCUT2D eigenvalue weighted by Crippen LogP contribution is -2.70. The first-order chi connectivity index (χ1) is 17.4. The number of hydrogen-bond acceptors (Lipinski definition) is 6. The quantitative estimate of drug-likeness (QED) is 0.490. The molecule has 7 rings (SSSR count). The van der Waals surface area contributed by atoms with Crippen LogP contribution in [0.25, 0.3) is 0 Å². The van der Waals surface area contributed by atoms with Gasteiger partial charge in [0.1, 0.15) is 0 Å². The summed E-state index contributed by atoms with van der Waals surface area (Å²) in [7, 11) is 0. The number of nitrogens with zero attached hydrogens (tertiary/aromatic N) is 1. The Morgan fingerprint density at radius 2 is 1.92 bits per heavy atom. The fraction of sp³-hybridized carbons (Fsp3) is 0.733. The van der Waals surface area contributed by atoms with Crippen molar-refractivity contribution >= 4 is 0 Å². The van der Waals surface area contributed by atoms with E-state index in [9.17, 15) is 5.11 Å². The molecule has 0 radical (unpaired) electrons. The molecule has 0 aromatic heterocycles. The summed E-state index contributed by atoms with van der Waals surface area (Å²) in [6.07, 6.45) is 6.65. The standard InChI is InChI=1S/C30H41NO5/c1-20-11-14-26-21(2)27(33-28-30(26)25(20)15-16-29(3,34-28)35-36-30)18-23(31-17-7-10-24(31)19-32)13-12-22-8-5-4-6-9-22/h4-6,8-9,20-21,23-28,32H,7,10-11,14-19H2,1-3H3/t20-,21-,23-,24+,25+,26+,27-,28-,29+,30-/m1/s1. The van der Waals surface area contributed by atoms with Gasteiger partial charge < -0.3 is 14.6 Å². The molecule has 6 nitrogen and oxygen atoms in total. The highest BCUT2D eigenvalue weighted by Gasteiger charge is 2.69. The van der Waals surface area contributed by atoms with E-state index in [1.807, 2.05) is 25.1 Å². The van der Waals surface area contributed by atoms with Crippen molar-refractivity contribution in [3.8, 4) is 11.8 Å². The maximum absolute atomic E-state index is 10.1. The zero-order valence-corrected chi connectivity index (χ0v) is 21.9. The molecule has 1 saturated carbocycles. The number of benzene rings is 1. The van der Waals surface area contributed by atoms with Gasteiger partial charge in [-0.2, -0.15) is 0 Å². The van der Waals surface area contributed by atoms with Crippen molar-refractivity contribution in [2.45, 2.75) is 102 Å². The van der Waals surface area contributed by atoms with Crippen LogP contribution in [0.2, 0.25) is 0 Å². The molecule has 0 amide bonds. The van der Waals surface area contributed by atoms with Crippen LogP contribution in [0.4, 0.5) is 0 Å². The van der Waals surface area contributed by atoms with Crippen molar-refractivity contribution in [3.05, 3.63) is 35.9 Å². The van der Waals surface area contributed by atoms with Gasteiger partial charge in [0.2, 0.25) is 5.79 Å². The maximum atomic E-state index is 10.1. The Morgan fingerprint density at radius 3 is 2.72 bits per heavy atom. The van der Waals surface area contributed by atoms with Crippen molar-refractivity contribution < 1.29 is 24.4 Å². The second-order valence-corrected chi connectivity index (χ2v) is 12.0. The van der Waals surface area contributed by atoms with Crippen LogP contribution < -0.4 is 0 Å². The summed E-state index contributed by atoms with van der Waals surface area (Å²) in [6, 6.07) is 10.4. The predicted octanol–water partition coefficient (Wildman–Crippen LogP) is 4.50. The first-order valence-electron chi connectivity index (χ1n) is 14.1. The third kappa shape index (κ3) is 4.13. The molecule has 0 unspecified atom stereocenters. The van der Waals surface area contributed by atoms with Crippen LogP contribution in [-0.2, 0) is 19.2 Å². The lowest BCUT2D eigenvalue weighted by atomic mass is 9.57. The van der Waals surface area contributed by atoms with Crippen LogP contribution in [0.1, 0.15) is 71.3 Å². The van der Waals surface area contributed by atoms with Gasteiger partial charge >= 0.3 is 0 Å². The first kappa shape index (κ1) is 24.9. The van der Waals surface area contributed by atoms with E-state index in [1.165, 1.54) is 6.42 Å². The third-order valence-corrected chi connectivity index (χ3v) is 9.94. The normalized spacial score (nSPS) is 44.8. The molecule has 5 aliphatic heterocycles. The molecular weight excluding hydrogens is 454 g/mol. The summed E-state index contributed by atoms with van der Waals surface area (Å²) in [5.41, 5.74) is 0.488. The van der Waals surface area contributed by atoms with Gasteiger partial charge in [0, 0.05) is 30.4 Å². The molecule has 10 atom stereocenters. The lowest BCUT2D eigenvalue weighted by Gasteiger charge is -2.60. The minimum atomic E-state index is -0.758. The van der Waals surface area contributed by atoms with Crippen molar-refractivity contribution in [1.82, 2.24) is 4.90 Å². The minimum absolute atomic E-state index is 0.00115. The van der Waals surface area contributed by atoms with Crippen LogP contribution in [0.15, 0.2) is 30.3 Å². The molecule has 6 heteroatoms. The molecule has 5 saturated heterocycles. The number of fused-ring (bicyclic) bond motifs is 2. The Morgan fingerprint density at radius 1 is 1.08 bits per heavy atom. The molecule has 6 aliphatic rings. The van der Waals surface area contributed by atoms with Crippen LogP contribution in [0, 0.1) is 35.5 Å². The van der Waals surface area contributed by atoms with Gasteiger partial charge in [-0.3, -0.25) is 4.90 Å². The van der Waals surface area contributed by atoms with E-state index in [-0.39, 0.29) is 24.8 Å². The van der Waals surface area contributed by atoms with Gasteiger partial charge in [-0.25, -0.2) is 9.78 Å². The van der Waals surface area contributed by atoms with Crippen LogP contribution in [-0.4, -0.2) is 59.0 Å². The smallest absolute Gasteiger partial charge is 0.201 e. The highest BCUT2D eigenvalue weighted by Crippen LogP contribution is 2.60. The zero-order valence-electron chi connectivity index (χ0n) is 21.9. The molecule has 1 aliphatic carbocycles. The highest BCUT2D eigenvalue weighted by molar-refractivity contribution is 5.35. The molecular formula is C30H41NO5. The number of aliphatic hydroxyl groups excluding tert-OH is 1. The van der Waals surface area contributed by atoms with E-state index in [0.717, 1.165) is 50.6 Å². The number of rotatable bonds is 4. The Balaban J connectivity index is 1.30. The molecule has 2 bridgehead atoms. The van der Waals surface area contributed by atoms with Gasteiger partial charge in [0.05, 0.1) is 18.8 Å². The van der Waals surface area contributed by atoms with Crippen molar-refractivity contribution in [2.75, 3.05) is 13.2 Å². The van der Waals surface area contributed by atoms with Gasteiger partial charge in [0.25, 0.3) is 0 Å². The molecule has 1 aromatic carbocycles. The van der Waals surface area contributed by atoms with Gasteiger partial charge in [-0.1, -0.05) is 43.9 Å². The highest BCUT2D eigenvalue weighted by atomic mass is 17.3. The molecule has 36 heavy (non-hydrogen) atoms. The summed E-state index contributed by atoms with van der Waals surface area (Å²) in [5.74, 6) is 7.79. The zero-order chi connectivity index (χ0) is 24.9. The van der Waals surface area contributed by atoms with E-state index in [1.54, 1.807) is 0 Å². The molecule has 6 fully saturated rings. The van der Waals surface area contributed by atoms with Crippen molar-refractivity contribution in [1.29, 1.82) is 0 Å². The second kappa shape index (κ2) is 9.69. The fourth-order valence-corrected chi connectivity index (χ4v) is 7.90. The third-order valence-electron chi connectivity index (χ3n) is 9.94. The van der Waals surface area contributed by atoms with Crippen molar-refractivity contribution in [2.24, 2.45) is 23.7 Å².